The number of nitrogens with one attached hydrogen (secondary N) is 1. The minimum atomic E-state index is -3.65. The summed E-state index contributed by atoms with van der Waals surface area (Å²) in [5.41, 5.74) is 0.0890. The monoisotopic (exact) mass is 388 g/mol. The van der Waals surface area contributed by atoms with Gasteiger partial charge in [0, 0.05) is 36.1 Å². The van der Waals surface area contributed by atoms with Gasteiger partial charge in [0.1, 0.15) is 5.82 Å². The van der Waals surface area contributed by atoms with Crippen LogP contribution in [0.15, 0.2) is 18.2 Å². The van der Waals surface area contributed by atoms with Gasteiger partial charge in [-0.15, -0.1) is 0 Å². The molecule has 1 amide bonds. The molecular formula is C17H22ClFN2O3S. The number of carbonyl (C=O) groups is 1. The van der Waals surface area contributed by atoms with E-state index in [0.29, 0.717) is 6.54 Å². The first-order valence-corrected chi connectivity index (χ1v) is 10.6. The van der Waals surface area contributed by atoms with Crippen molar-refractivity contribution in [2.45, 2.75) is 31.4 Å². The quantitative estimate of drug-likeness (QED) is 0.814. The third-order valence-corrected chi connectivity index (χ3v) is 6.24. The largest absolute Gasteiger partial charge is 0.342 e. The van der Waals surface area contributed by atoms with E-state index in [1.165, 1.54) is 12.1 Å². The zero-order valence-corrected chi connectivity index (χ0v) is 15.5. The summed E-state index contributed by atoms with van der Waals surface area (Å²) in [6.07, 6.45) is 3.71. The molecule has 1 saturated heterocycles. The van der Waals surface area contributed by atoms with Crippen molar-refractivity contribution in [2.75, 3.05) is 19.6 Å². The number of likely N-dealkylation sites (tertiary alicyclic amines) is 1. The number of nitrogens with zero attached hydrogens (tertiary/aromatic N) is 1. The topological polar surface area (TPSA) is 66.5 Å². The molecule has 8 heteroatoms. The lowest BCUT2D eigenvalue weighted by atomic mass is 9.98. The molecular weight excluding hydrogens is 367 g/mol. The Morgan fingerprint density at radius 1 is 1.32 bits per heavy atom. The molecule has 1 aliphatic heterocycles. The highest BCUT2D eigenvalue weighted by Gasteiger charge is 2.35. The van der Waals surface area contributed by atoms with Crippen LogP contribution in [-0.2, 0) is 20.6 Å². The van der Waals surface area contributed by atoms with Gasteiger partial charge in [-0.05, 0) is 43.7 Å². The molecule has 1 heterocycles. The molecule has 2 aliphatic rings. The Bertz CT molecular complexity index is 752. The van der Waals surface area contributed by atoms with E-state index in [1.54, 1.807) is 0 Å². The first kappa shape index (κ1) is 18.6. The Morgan fingerprint density at radius 3 is 2.76 bits per heavy atom. The number of carbonyl (C=O) groups excluding carboxylic acids is 1. The van der Waals surface area contributed by atoms with Crippen LogP contribution in [0.5, 0.6) is 0 Å². The zero-order chi connectivity index (χ0) is 18.0. The van der Waals surface area contributed by atoms with Gasteiger partial charge < -0.3 is 4.90 Å². The van der Waals surface area contributed by atoms with E-state index >= 15 is 0 Å². The molecule has 1 atom stereocenters. The maximum Gasteiger partial charge on any atom is 0.225 e. The number of sulfonamides is 1. The molecule has 1 aromatic rings. The Balaban J connectivity index is 1.53. The number of amides is 1. The van der Waals surface area contributed by atoms with Crippen LogP contribution in [0.2, 0.25) is 5.02 Å². The van der Waals surface area contributed by atoms with Gasteiger partial charge in [-0.25, -0.2) is 17.5 Å². The summed E-state index contributed by atoms with van der Waals surface area (Å²) in [4.78, 5) is 14.0. The molecule has 0 radical (unpaired) electrons. The molecule has 25 heavy (non-hydrogen) atoms. The highest BCUT2D eigenvalue weighted by molar-refractivity contribution is 7.88. The lowest BCUT2D eigenvalue weighted by molar-refractivity contribution is -0.134. The summed E-state index contributed by atoms with van der Waals surface area (Å²) in [7, 11) is -3.65. The molecule has 0 spiro atoms. The van der Waals surface area contributed by atoms with Gasteiger partial charge in [-0.2, -0.15) is 0 Å². The van der Waals surface area contributed by atoms with E-state index in [2.05, 4.69) is 4.72 Å². The third-order valence-electron chi connectivity index (χ3n) is 4.71. The van der Waals surface area contributed by atoms with Crippen molar-refractivity contribution in [3.63, 3.8) is 0 Å². The number of benzene rings is 1. The van der Waals surface area contributed by atoms with Crippen molar-refractivity contribution in [3.8, 4) is 0 Å². The maximum atomic E-state index is 13.8. The smallest absolute Gasteiger partial charge is 0.225 e. The SMILES string of the molecule is O=C(C1CC1)N1CCCC(CNS(=O)(=O)Cc2ccc(Cl)cc2F)C1. The van der Waals surface area contributed by atoms with E-state index in [0.717, 1.165) is 38.3 Å². The van der Waals surface area contributed by atoms with Crippen LogP contribution in [0, 0.1) is 17.7 Å². The second-order valence-corrected chi connectivity index (χ2v) is 9.15. The van der Waals surface area contributed by atoms with Crippen LogP contribution in [0.3, 0.4) is 0 Å². The Kier molecular flexibility index (Phi) is 5.65. The summed E-state index contributed by atoms with van der Waals surface area (Å²) in [6.45, 7) is 1.62. The second-order valence-electron chi connectivity index (χ2n) is 6.91. The van der Waals surface area contributed by atoms with Crippen molar-refractivity contribution in [1.29, 1.82) is 0 Å². The summed E-state index contributed by atoms with van der Waals surface area (Å²) in [5.74, 6) is -0.565. The zero-order valence-electron chi connectivity index (χ0n) is 13.9. The fraction of sp³-hybridized carbons (Fsp3) is 0.588. The summed E-state index contributed by atoms with van der Waals surface area (Å²) >= 11 is 5.68. The van der Waals surface area contributed by atoms with Gasteiger partial charge in [-0.3, -0.25) is 4.79 Å². The summed E-state index contributed by atoms with van der Waals surface area (Å²) in [5, 5.41) is 0.231. The van der Waals surface area contributed by atoms with Crippen LogP contribution in [-0.4, -0.2) is 38.9 Å². The molecule has 138 valence electrons. The first-order valence-electron chi connectivity index (χ1n) is 8.54. The predicted octanol–water partition coefficient (Wildman–Crippen LogP) is 2.55. The predicted molar refractivity (Wildman–Crippen MR) is 94.1 cm³/mol. The van der Waals surface area contributed by atoms with Crippen LogP contribution < -0.4 is 4.72 Å². The van der Waals surface area contributed by atoms with Crippen molar-refractivity contribution in [1.82, 2.24) is 9.62 Å². The van der Waals surface area contributed by atoms with Crippen molar-refractivity contribution in [2.24, 2.45) is 11.8 Å². The lowest BCUT2D eigenvalue weighted by Crippen LogP contribution is -2.44. The maximum absolute atomic E-state index is 13.8. The van der Waals surface area contributed by atoms with Gasteiger partial charge in [-0.1, -0.05) is 17.7 Å². The van der Waals surface area contributed by atoms with Crippen LogP contribution in [0.4, 0.5) is 4.39 Å². The molecule has 1 saturated carbocycles. The van der Waals surface area contributed by atoms with E-state index in [9.17, 15) is 17.6 Å². The molecule has 5 nitrogen and oxygen atoms in total. The average molecular weight is 389 g/mol. The van der Waals surface area contributed by atoms with Crippen molar-refractivity contribution in [3.05, 3.63) is 34.6 Å². The molecule has 1 aliphatic carbocycles. The van der Waals surface area contributed by atoms with E-state index < -0.39 is 21.6 Å². The average Bonchev–Trinajstić information content (AvgIpc) is 3.40. The molecule has 1 unspecified atom stereocenters. The Labute approximate surface area is 152 Å². The molecule has 1 aromatic carbocycles. The van der Waals surface area contributed by atoms with Gasteiger partial charge in [0.2, 0.25) is 15.9 Å². The fourth-order valence-corrected chi connectivity index (χ4v) is 4.55. The van der Waals surface area contributed by atoms with Crippen LogP contribution >= 0.6 is 11.6 Å². The van der Waals surface area contributed by atoms with E-state index in [1.807, 2.05) is 4.90 Å². The molecule has 0 aromatic heterocycles. The molecule has 0 bridgehead atoms. The fourth-order valence-electron chi connectivity index (χ4n) is 3.16. The standard InChI is InChI=1S/C17H22ClFN2O3S/c18-15-6-5-14(16(19)8-15)11-25(23,24)20-9-12-2-1-7-21(10-12)17(22)13-3-4-13/h5-6,8,12-13,20H,1-4,7,9-11H2. The number of hydrogen-bond acceptors (Lipinski definition) is 3. The third kappa shape index (κ3) is 5.15. The molecule has 3 rings (SSSR count). The van der Waals surface area contributed by atoms with Gasteiger partial charge in [0.25, 0.3) is 0 Å². The Hall–Kier alpha value is -1.18. The van der Waals surface area contributed by atoms with Crippen LogP contribution in [0.25, 0.3) is 0 Å². The number of rotatable bonds is 6. The van der Waals surface area contributed by atoms with E-state index in [4.69, 9.17) is 11.6 Å². The second kappa shape index (κ2) is 7.60. The highest BCUT2D eigenvalue weighted by atomic mass is 35.5. The lowest BCUT2D eigenvalue weighted by Gasteiger charge is -2.33. The van der Waals surface area contributed by atoms with Crippen molar-refractivity contribution >= 4 is 27.5 Å². The summed E-state index contributed by atoms with van der Waals surface area (Å²) < 4.78 is 40.8. The van der Waals surface area contributed by atoms with Gasteiger partial charge in [0.15, 0.2) is 0 Å². The number of halogens is 2. The number of hydrogen-bond donors (Lipinski definition) is 1. The van der Waals surface area contributed by atoms with Crippen molar-refractivity contribution < 1.29 is 17.6 Å². The van der Waals surface area contributed by atoms with Gasteiger partial charge >= 0.3 is 0 Å². The van der Waals surface area contributed by atoms with E-state index in [-0.39, 0.29) is 34.9 Å². The minimum absolute atomic E-state index is 0.0890. The van der Waals surface area contributed by atoms with Crippen LogP contribution in [0.1, 0.15) is 31.2 Å². The highest BCUT2D eigenvalue weighted by Crippen LogP contribution is 2.32. The van der Waals surface area contributed by atoms with Gasteiger partial charge in [0.05, 0.1) is 5.75 Å². The minimum Gasteiger partial charge on any atom is -0.342 e. The normalized spacial score (nSPS) is 21.4. The first-order chi connectivity index (χ1) is 11.8. The molecule has 1 N–H and O–H groups in total. The Morgan fingerprint density at radius 2 is 2.08 bits per heavy atom. The molecule has 2 fully saturated rings. The summed E-state index contributed by atoms with van der Waals surface area (Å²) in [6, 6.07) is 3.96. The number of piperidine rings is 1.